The van der Waals surface area contributed by atoms with E-state index in [1.165, 1.54) is 16.3 Å². The predicted molar refractivity (Wildman–Crippen MR) is 158 cm³/mol. The average Bonchev–Trinajstić information content (AvgIpc) is 3.55. The molecular formula is C30H31ClFN5O4S. The first-order chi connectivity index (χ1) is 20.1. The van der Waals surface area contributed by atoms with Gasteiger partial charge in [-0.05, 0) is 30.9 Å². The van der Waals surface area contributed by atoms with Crippen molar-refractivity contribution < 1.29 is 19.1 Å². The molecule has 2 atom stereocenters. The summed E-state index contributed by atoms with van der Waals surface area (Å²) in [5.41, 5.74) is 0.179. The van der Waals surface area contributed by atoms with Crippen LogP contribution in [0.3, 0.4) is 0 Å². The second-order valence-electron chi connectivity index (χ2n) is 11.3. The molecule has 2 aliphatic heterocycles. The first-order valence-corrected chi connectivity index (χ1v) is 15.2. The van der Waals surface area contributed by atoms with Gasteiger partial charge in [0.2, 0.25) is 5.91 Å². The summed E-state index contributed by atoms with van der Waals surface area (Å²) < 4.78 is 17.7. The van der Waals surface area contributed by atoms with Crippen molar-refractivity contribution in [3.63, 3.8) is 0 Å². The number of thiophene rings is 1. The number of aliphatic hydroxyl groups is 1. The fraction of sp³-hybridized carbons (Fsp3) is 0.400. The molecule has 2 saturated heterocycles. The molecule has 4 aromatic rings. The van der Waals surface area contributed by atoms with Crippen LogP contribution in [0.4, 0.5) is 4.39 Å². The Bertz CT molecular complexity index is 1690. The van der Waals surface area contributed by atoms with Crippen molar-refractivity contribution >= 4 is 45.8 Å². The van der Waals surface area contributed by atoms with Gasteiger partial charge in [0.15, 0.2) is 5.82 Å². The first-order valence-electron chi connectivity index (χ1n) is 13.9. The lowest BCUT2D eigenvalue weighted by molar-refractivity contribution is -0.142. The fourth-order valence-electron chi connectivity index (χ4n) is 6.23. The third-order valence-electron chi connectivity index (χ3n) is 8.65. The number of benzene rings is 1. The molecule has 1 N–H and O–H groups in total. The van der Waals surface area contributed by atoms with E-state index in [1.54, 1.807) is 26.6 Å². The van der Waals surface area contributed by atoms with Gasteiger partial charge in [-0.1, -0.05) is 41.9 Å². The highest BCUT2D eigenvalue weighted by Gasteiger charge is 2.42. The zero-order valence-corrected chi connectivity index (χ0v) is 24.7. The van der Waals surface area contributed by atoms with Gasteiger partial charge >= 0.3 is 0 Å². The molecule has 0 spiro atoms. The van der Waals surface area contributed by atoms with Gasteiger partial charge in [-0.25, -0.2) is 9.37 Å². The van der Waals surface area contributed by atoms with Crippen LogP contribution in [0, 0.1) is 11.7 Å². The molecule has 2 aliphatic rings. The Labute approximate surface area is 250 Å². The van der Waals surface area contributed by atoms with Gasteiger partial charge in [-0.2, -0.15) is 0 Å². The van der Waals surface area contributed by atoms with Crippen LogP contribution in [0.1, 0.15) is 40.4 Å². The number of halogens is 2. The number of carbonyl (C=O) groups is 2. The van der Waals surface area contributed by atoms with Crippen LogP contribution in [0.5, 0.6) is 0 Å². The van der Waals surface area contributed by atoms with Gasteiger partial charge in [-0.3, -0.25) is 19.0 Å². The van der Waals surface area contributed by atoms with Crippen molar-refractivity contribution in [2.24, 2.45) is 13.0 Å². The molecule has 3 aromatic heterocycles. The minimum Gasteiger partial charge on any atom is -0.388 e. The number of carbonyl (C=O) groups excluding carboxylic acids is 2. The summed E-state index contributed by atoms with van der Waals surface area (Å²) in [4.78, 5) is 47.8. The number of rotatable bonds is 5. The number of piperidine rings is 2. The molecule has 12 heteroatoms. The summed E-state index contributed by atoms with van der Waals surface area (Å²) in [6, 6.07) is 11.3. The largest absolute Gasteiger partial charge is 0.388 e. The Morgan fingerprint density at radius 1 is 1.14 bits per heavy atom. The number of likely N-dealkylation sites (tertiary alicyclic amines) is 2. The minimum absolute atomic E-state index is 0.0205. The van der Waals surface area contributed by atoms with E-state index >= 15 is 0 Å². The monoisotopic (exact) mass is 611 g/mol. The Balaban J connectivity index is 1.16. The highest BCUT2D eigenvalue weighted by atomic mass is 35.5. The van der Waals surface area contributed by atoms with Crippen LogP contribution >= 0.6 is 22.9 Å². The molecule has 0 radical (unpaired) electrons. The molecule has 42 heavy (non-hydrogen) atoms. The SMILES string of the molecule is Cn1ccc2c(=O)n(CC3(O)CCN(C(=O)[C@@H]4CCN(C(=O)c5scc(Cl)c5F)C[C@H]4c4ccccc4)CC3)cnc21. The molecule has 0 bridgehead atoms. The van der Waals surface area contributed by atoms with E-state index in [9.17, 15) is 23.9 Å². The molecule has 220 valence electrons. The fourth-order valence-corrected chi connectivity index (χ4v) is 7.28. The maximum Gasteiger partial charge on any atom is 0.267 e. The number of hydrogen-bond donors (Lipinski definition) is 1. The van der Waals surface area contributed by atoms with Gasteiger partial charge in [0, 0.05) is 56.6 Å². The Kier molecular flexibility index (Phi) is 7.67. The van der Waals surface area contributed by atoms with Crippen LogP contribution in [-0.4, -0.2) is 72.6 Å². The number of amides is 2. The summed E-state index contributed by atoms with van der Waals surface area (Å²) in [7, 11) is 1.82. The van der Waals surface area contributed by atoms with Gasteiger partial charge in [0.1, 0.15) is 16.9 Å². The Morgan fingerprint density at radius 3 is 2.57 bits per heavy atom. The van der Waals surface area contributed by atoms with Gasteiger partial charge in [0.25, 0.3) is 11.5 Å². The van der Waals surface area contributed by atoms with Crippen LogP contribution in [-0.2, 0) is 18.4 Å². The topological polar surface area (TPSA) is 101 Å². The second kappa shape index (κ2) is 11.3. The zero-order valence-electron chi connectivity index (χ0n) is 23.1. The van der Waals surface area contributed by atoms with E-state index in [4.69, 9.17) is 11.6 Å². The summed E-state index contributed by atoms with van der Waals surface area (Å²) >= 11 is 6.84. The standard InChI is InChI=1S/C30H31ClFN5O4S/c1-34-11-7-21-26(34)33-18-37(28(21)39)17-30(41)9-13-35(14-10-30)27(38)20-8-12-36(15-22(20)19-5-3-2-4-6-19)29(40)25-24(32)23(31)16-42-25/h2-7,11,16,18,20,22,41H,8-10,12-15,17H2,1H3/t20-,22+/m1/s1. The molecule has 2 fully saturated rings. The van der Waals surface area contributed by atoms with Crippen molar-refractivity contribution in [1.29, 1.82) is 0 Å². The van der Waals surface area contributed by atoms with Crippen LogP contribution in [0.25, 0.3) is 11.0 Å². The molecular weight excluding hydrogens is 581 g/mol. The number of nitrogens with zero attached hydrogens (tertiary/aromatic N) is 5. The first kappa shape index (κ1) is 28.6. The molecule has 1 aromatic carbocycles. The zero-order chi connectivity index (χ0) is 29.6. The smallest absolute Gasteiger partial charge is 0.267 e. The average molecular weight is 612 g/mol. The molecule has 0 saturated carbocycles. The normalized spacial score (nSPS) is 20.7. The minimum atomic E-state index is -1.15. The lowest BCUT2D eigenvalue weighted by Crippen LogP contribution is -2.53. The van der Waals surface area contributed by atoms with Crippen LogP contribution < -0.4 is 5.56 Å². The number of hydrogen-bond acceptors (Lipinski definition) is 6. The van der Waals surface area contributed by atoms with Crippen molar-refractivity contribution in [2.75, 3.05) is 26.2 Å². The number of fused-ring (bicyclic) bond motifs is 1. The maximum atomic E-state index is 14.5. The highest BCUT2D eigenvalue weighted by molar-refractivity contribution is 7.12. The van der Waals surface area contributed by atoms with E-state index in [0.717, 1.165) is 16.9 Å². The summed E-state index contributed by atoms with van der Waals surface area (Å²) in [5, 5.41) is 13.2. The van der Waals surface area contributed by atoms with Gasteiger partial charge in [0.05, 0.1) is 22.6 Å². The van der Waals surface area contributed by atoms with Crippen molar-refractivity contribution in [2.45, 2.75) is 37.3 Å². The molecule has 5 heterocycles. The Morgan fingerprint density at radius 2 is 1.88 bits per heavy atom. The molecule has 0 aliphatic carbocycles. The third-order valence-corrected chi connectivity index (χ3v) is 10.00. The van der Waals surface area contributed by atoms with Gasteiger partial charge in [-0.15, -0.1) is 11.3 Å². The summed E-state index contributed by atoms with van der Waals surface area (Å²) in [6.45, 7) is 1.41. The van der Waals surface area contributed by atoms with E-state index in [1.807, 2.05) is 37.4 Å². The summed E-state index contributed by atoms with van der Waals surface area (Å²) in [6.07, 6.45) is 4.33. The van der Waals surface area contributed by atoms with Crippen molar-refractivity contribution in [1.82, 2.24) is 23.9 Å². The molecule has 6 rings (SSSR count). The second-order valence-corrected chi connectivity index (χ2v) is 12.6. The van der Waals surface area contributed by atoms with E-state index < -0.39 is 17.3 Å². The number of aryl methyl sites for hydroxylation is 1. The lowest BCUT2D eigenvalue weighted by Gasteiger charge is -2.43. The predicted octanol–water partition coefficient (Wildman–Crippen LogP) is 3.89. The van der Waals surface area contributed by atoms with E-state index in [-0.39, 0.29) is 46.3 Å². The summed E-state index contributed by atoms with van der Waals surface area (Å²) in [5.74, 6) is -1.78. The lowest BCUT2D eigenvalue weighted by atomic mass is 9.79. The van der Waals surface area contributed by atoms with Crippen molar-refractivity contribution in [3.05, 3.63) is 85.9 Å². The highest BCUT2D eigenvalue weighted by Crippen LogP contribution is 2.37. The van der Waals surface area contributed by atoms with E-state index in [0.29, 0.717) is 49.9 Å². The van der Waals surface area contributed by atoms with Crippen LogP contribution in [0.15, 0.2) is 59.1 Å². The molecule has 0 unspecified atom stereocenters. The maximum absolute atomic E-state index is 14.5. The van der Waals surface area contributed by atoms with Gasteiger partial charge < -0.3 is 19.5 Å². The molecule has 9 nitrogen and oxygen atoms in total. The third kappa shape index (κ3) is 5.25. The van der Waals surface area contributed by atoms with E-state index in [2.05, 4.69) is 4.98 Å². The Hall–Kier alpha value is -3.54. The van der Waals surface area contributed by atoms with Crippen molar-refractivity contribution in [3.8, 4) is 0 Å². The molecule has 2 amide bonds. The quantitative estimate of drug-likeness (QED) is 0.369. The van der Waals surface area contributed by atoms with Crippen LogP contribution in [0.2, 0.25) is 5.02 Å². The number of aromatic nitrogens is 3.